The average Bonchev–Trinajstić information content (AvgIpc) is 3.01. The Morgan fingerprint density at radius 1 is 1.09 bits per heavy atom. The van der Waals surface area contributed by atoms with Crippen LogP contribution in [0.25, 0.3) is 0 Å². The zero-order valence-electron chi connectivity index (χ0n) is 13.5. The van der Waals surface area contributed by atoms with Gasteiger partial charge in [-0.1, -0.05) is 19.3 Å². The van der Waals surface area contributed by atoms with Crippen molar-refractivity contribution in [3.63, 3.8) is 0 Å². The van der Waals surface area contributed by atoms with E-state index in [4.69, 9.17) is 5.73 Å². The third-order valence-corrected chi connectivity index (χ3v) is 5.65. The molecule has 2 atom stereocenters. The Morgan fingerprint density at radius 2 is 1.86 bits per heavy atom. The number of nitrogens with two attached hydrogens (primary N) is 1. The van der Waals surface area contributed by atoms with E-state index in [9.17, 15) is 9.59 Å². The average molecular weight is 307 g/mol. The smallest absolute Gasteiger partial charge is 0.242 e. The lowest BCUT2D eigenvalue weighted by molar-refractivity contribution is -0.148. The second-order valence-corrected chi connectivity index (χ2v) is 7.37. The van der Waals surface area contributed by atoms with Crippen LogP contribution in [0.15, 0.2) is 0 Å². The van der Waals surface area contributed by atoms with Gasteiger partial charge in [-0.25, -0.2) is 0 Å². The molecule has 2 saturated carbocycles. The van der Waals surface area contributed by atoms with Gasteiger partial charge >= 0.3 is 0 Å². The fourth-order valence-electron chi connectivity index (χ4n) is 4.30. The lowest BCUT2D eigenvalue weighted by atomic mass is 9.85. The Morgan fingerprint density at radius 3 is 2.55 bits per heavy atom. The van der Waals surface area contributed by atoms with Crippen LogP contribution in [0.5, 0.6) is 0 Å². The SMILES string of the molecule is N[C@H]1CCC[C@@H](C(=O)N2CCN(CC3CCCC3)C(=O)C2)C1. The minimum Gasteiger partial charge on any atom is -0.339 e. The molecule has 124 valence electrons. The second-order valence-electron chi connectivity index (χ2n) is 7.37. The van der Waals surface area contributed by atoms with E-state index < -0.39 is 0 Å². The fourth-order valence-corrected chi connectivity index (χ4v) is 4.30. The summed E-state index contributed by atoms with van der Waals surface area (Å²) in [6.07, 6.45) is 8.90. The molecule has 22 heavy (non-hydrogen) atoms. The van der Waals surface area contributed by atoms with E-state index in [0.29, 0.717) is 19.0 Å². The summed E-state index contributed by atoms with van der Waals surface area (Å²) >= 11 is 0. The maximum absolute atomic E-state index is 12.6. The minimum atomic E-state index is 0.0398. The number of hydrogen-bond donors (Lipinski definition) is 1. The van der Waals surface area contributed by atoms with Crippen molar-refractivity contribution in [1.29, 1.82) is 0 Å². The predicted molar refractivity (Wildman–Crippen MR) is 85.1 cm³/mol. The van der Waals surface area contributed by atoms with Crippen molar-refractivity contribution in [2.24, 2.45) is 17.6 Å². The van der Waals surface area contributed by atoms with Crippen LogP contribution in [0.1, 0.15) is 51.4 Å². The third kappa shape index (κ3) is 3.62. The maximum Gasteiger partial charge on any atom is 0.242 e. The Balaban J connectivity index is 1.50. The van der Waals surface area contributed by atoms with Gasteiger partial charge in [-0.05, 0) is 38.0 Å². The van der Waals surface area contributed by atoms with Gasteiger partial charge in [0, 0.05) is 31.6 Å². The van der Waals surface area contributed by atoms with E-state index in [0.717, 1.165) is 32.2 Å². The van der Waals surface area contributed by atoms with Gasteiger partial charge in [0.05, 0.1) is 6.54 Å². The van der Waals surface area contributed by atoms with E-state index >= 15 is 0 Å². The molecule has 2 amide bonds. The number of carbonyl (C=O) groups excluding carboxylic acids is 2. The first kappa shape index (κ1) is 15.8. The van der Waals surface area contributed by atoms with Gasteiger partial charge in [0.25, 0.3) is 0 Å². The number of amides is 2. The lowest BCUT2D eigenvalue weighted by Crippen LogP contribution is -2.54. The molecule has 0 aromatic rings. The van der Waals surface area contributed by atoms with Crippen LogP contribution in [-0.4, -0.2) is 53.8 Å². The van der Waals surface area contributed by atoms with E-state index in [1.54, 1.807) is 4.90 Å². The largest absolute Gasteiger partial charge is 0.339 e. The van der Waals surface area contributed by atoms with Gasteiger partial charge in [-0.2, -0.15) is 0 Å². The van der Waals surface area contributed by atoms with Crippen LogP contribution in [0.4, 0.5) is 0 Å². The number of carbonyl (C=O) groups is 2. The molecule has 0 aromatic carbocycles. The quantitative estimate of drug-likeness (QED) is 0.856. The molecule has 1 aliphatic heterocycles. The van der Waals surface area contributed by atoms with Crippen LogP contribution in [0.2, 0.25) is 0 Å². The highest BCUT2D eigenvalue weighted by Gasteiger charge is 2.34. The van der Waals surface area contributed by atoms with Gasteiger partial charge in [-0.3, -0.25) is 9.59 Å². The molecule has 0 unspecified atom stereocenters. The van der Waals surface area contributed by atoms with Gasteiger partial charge in [0.2, 0.25) is 11.8 Å². The minimum absolute atomic E-state index is 0.0398. The van der Waals surface area contributed by atoms with Gasteiger partial charge in [0.15, 0.2) is 0 Å². The normalized spacial score (nSPS) is 30.9. The highest BCUT2D eigenvalue weighted by molar-refractivity contribution is 5.87. The number of piperazine rings is 1. The molecule has 0 spiro atoms. The molecule has 1 heterocycles. The first-order chi connectivity index (χ1) is 10.6. The number of nitrogens with zero attached hydrogens (tertiary/aromatic N) is 2. The van der Waals surface area contributed by atoms with Crippen molar-refractivity contribution < 1.29 is 9.59 Å². The first-order valence-electron chi connectivity index (χ1n) is 8.95. The van der Waals surface area contributed by atoms with Crippen LogP contribution < -0.4 is 5.73 Å². The molecule has 0 aromatic heterocycles. The molecule has 0 bridgehead atoms. The van der Waals surface area contributed by atoms with E-state index in [1.165, 1.54) is 25.7 Å². The molecular formula is C17H29N3O2. The molecule has 1 saturated heterocycles. The van der Waals surface area contributed by atoms with E-state index in [1.807, 2.05) is 4.90 Å². The summed E-state index contributed by atoms with van der Waals surface area (Å²) in [6, 6.07) is 0.155. The summed E-state index contributed by atoms with van der Waals surface area (Å²) in [5.41, 5.74) is 5.99. The summed E-state index contributed by atoms with van der Waals surface area (Å²) in [5.74, 6) is 1.01. The van der Waals surface area contributed by atoms with Crippen molar-refractivity contribution in [1.82, 2.24) is 9.80 Å². The second kappa shape index (κ2) is 6.99. The first-order valence-corrected chi connectivity index (χ1v) is 8.95. The molecule has 2 aliphatic carbocycles. The summed E-state index contributed by atoms with van der Waals surface area (Å²) < 4.78 is 0. The highest BCUT2D eigenvalue weighted by Crippen LogP contribution is 2.27. The standard InChI is InChI=1S/C17H29N3O2/c18-15-7-3-6-14(10-15)17(22)20-9-8-19(16(21)12-20)11-13-4-1-2-5-13/h13-15H,1-12,18H2/t14-,15+/m1/s1. The summed E-state index contributed by atoms with van der Waals surface area (Å²) in [4.78, 5) is 28.7. The summed E-state index contributed by atoms with van der Waals surface area (Å²) in [5, 5.41) is 0. The van der Waals surface area contributed by atoms with Crippen molar-refractivity contribution in [3.05, 3.63) is 0 Å². The third-order valence-electron chi connectivity index (χ3n) is 5.65. The lowest BCUT2D eigenvalue weighted by Gasteiger charge is -2.38. The summed E-state index contributed by atoms with van der Waals surface area (Å²) in [6.45, 7) is 2.58. The number of hydrogen-bond acceptors (Lipinski definition) is 3. The maximum atomic E-state index is 12.6. The van der Waals surface area contributed by atoms with Crippen molar-refractivity contribution >= 4 is 11.8 Å². The fraction of sp³-hybridized carbons (Fsp3) is 0.882. The molecule has 3 rings (SSSR count). The molecule has 3 fully saturated rings. The van der Waals surface area contributed by atoms with Crippen LogP contribution in [-0.2, 0) is 9.59 Å². The van der Waals surface area contributed by atoms with Crippen LogP contribution in [0.3, 0.4) is 0 Å². The van der Waals surface area contributed by atoms with Crippen molar-refractivity contribution in [2.75, 3.05) is 26.2 Å². The van der Waals surface area contributed by atoms with Crippen molar-refractivity contribution in [2.45, 2.75) is 57.4 Å². The van der Waals surface area contributed by atoms with E-state index in [-0.39, 0.29) is 30.3 Å². The Labute approximate surface area is 133 Å². The zero-order chi connectivity index (χ0) is 15.5. The molecule has 2 N–H and O–H groups in total. The highest BCUT2D eigenvalue weighted by atomic mass is 16.2. The van der Waals surface area contributed by atoms with Gasteiger partial charge < -0.3 is 15.5 Å². The number of rotatable bonds is 3. The topological polar surface area (TPSA) is 66.6 Å². The predicted octanol–water partition coefficient (Wildman–Crippen LogP) is 1.36. The van der Waals surface area contributed by atoms with Crippen LogP contribution in [0, 0.1) is 11.8 Å². The molecule has 5 nitrogen and oxygen atoms in total. The Kier molecular flexibility index (Phi) is 5.01. The van der Waals surface area contributed by atoms with Gasteiger partial charge in [-0.15, -0.1) is 0 Å². The Bertz CT molecular complexity index is 420. The van der Waals surface area contributed by atoms with E-state index in [2.05, 4.69) is 0 Å². The zero-order valence-corrected chi connectivity index (χ0v) is 13.5. The van der Waals surface area contributed by atoms with Gasteiger partial charge in [0.1, 0.15) is 0 Å². The molecular weight excluding hydrogens is 278 g/mol. The monoisotopic (exact) mass is 307 g/mol. The van der Waals surface area contributed by atoms with Crippen LogP contribution >= 0.6 is 0 Å². The summed E-state index contributed by atoms with van der Waals surface area (Å²) in [7, 11) is 0. The van der Waals surface area contributed by atoms with Crippen molar-refractivity contribution in [3.8, 4) is 0 Å². The molecule has 0 radical (unpaired) electrons. The molecule has 3 aliphatic rings. The Hall–Kier alpha value is -1.10. The molecule has 5 heteroatoms.